The first-order chi connectivity index (χ1) is 18.7. The molecule has 2 N–H and O–H groups in total. The number of nitrogens with one attached hydrogen (secondary N) is 1. The van der Waals surface area contributed by atoms with Crippen molar-refractivity contribution in [2.24, 2.45) is 0 Å². The molecule has 4 aromatic rings. The van der Waals surface area contributed by atoms with Crippen molar-refractivity contribution in [2.75, 3.05) is 0 Å². The first-order valence-corrected chi connectivity index (χ1v) is 13.5. The lowest BCUT2D eigenvalue weighted by Gasteiger charge is -2.16. The number of aryl methyl sites for hydroxylation is 1. The number of carbonyl (C=O) groups is 2. The van der Waals surface area contributed by atoms with Crippen molar-refractivity contribution >= 4 is 22.9 Å². The number of aromatic nitrogens is 2. The minimum atomic E-state index is -1.01. The molecule has 0 bridgehead atoms. The van der Waals surface area contributed by atoms with Crippen LogP contribution in [0.5, 0.6) is 5.75 Å². The van der Waals surface area contributed by atoms with Crippen LogP contribution >= 0.6 is 0 Å². The number of fused-ring (bicyclic) bond motifs is 1. The van der Waals surface area contributed by atoms with E-state index in [0.29, 0.717) is 23.8 Å². The van der Waals surface area contributed by atoms with E-state index in [1.807, 2.05) is 55.5 Å². The molecule has 0 aliphatic carbocycles. The van der Waals surface area contributed by atoms with Crippen LogP contribution in [0.3, 0.4) is 0 Å². The molecule has 1 heterocycles. The van der Waals surface area contributed by atoms with E-state index in [1.54, 1.807) is 6.07 Å². The van der Waals surface area contributed by atoms with Gasteiger partial charge in [0.2, 0.25) is 0 Å². The molecule has 4 rings (SSSR count). The van der Waals surface area contributed by atoms with E-state index in [1.165, 1.54) is 12.5 Å². The Kier molecular flexibility index (Phi) is 8.69. The molecule has 2 atom stereocenters. The summed E-state index contributed by atoms with van der Waals surface area (Å²) < 4.78 is 7.71. The molecular weight excluding hydrogens is 490 g/mol. The first-order valence-electron chi connectivity index (χ1n) is 13.5. The molecule has 0 spiro atoms. The van der Waals surface area contributed by atoms with Gasteiger partial charge in [0.25, 0.3) is 5.91 Å². The van der Waals surface area contributed by atoms with Crippen LogP contribution in [0.2, 0.25) is 0 Å². The van der Waals surface area contributed by atoms with Gasteiger partial charge in [0.05, 0.1) is 17.1 Å². The van der Waals surface area contributed by atoms with Gasteiger partial charge in [-0.05, 0) is 73.2 Å². The Morgan fingerprint density at radius 1 is 0.974 bits per heavy atom. The molecule has 7 heteroatoms. The fourth-order valence-corrected chi connectivity index (χ4v) is 4.62. The predicted octanol–water partition coefficient (Wildman–Crippen LogP) is 6.50. The van der Waals surface area contributed by atoms with Gasteiger partial charge < -0.3 is 19.7 Å². The molecule has 3 aromatic carbocycles. The highest BCUT2D eigenvalue weighted by molar-refractivity contribution is 5.97. The van der Waals surface area contributed by atoms with Gasteiger partial charge in [0, 0.05) is 18.5 Å². The Hall–Kier alpha value is -4.13. The lowest BCUT2D eigenvalue weighted by Crippen LogP contribution is -2.26. The van der Waals surface area contributed by atoms with Crippen molar-refractivity contribution in [1.82, 2.24) is 14.9 Å². The molecule has 1 aromatic heterocycles. The van der Waals surface area contributed by atoms with Crippen LogP contribution in [0.25, 0.3) is 11.0 Å². The molecule has 39 heavy (non-hydrogen) atoms. The van der Waals surface area contributed by atoms with Gasteiger partial charge in [0.1, 0.15) is 11.6 Å². The Bertz CT molecular complexity index is 1470. The van der Waals surface area contributed by atoms with Crippen LogP contribution in [0.15, 0.2) is 66.7 Å². The average Bonchev–Trinajstić information content (AvgIpc) is 3.25. The zero-order valence-corrected chi connectivity index (χ0v) is 23.3. The summed E-state index contributed by atoms with van der Waals surface area (Å²) in [4.78, 5) is 29.2. The second-order valence-electron chi connectivity index (χ2n) is 10.3. The lowest BCUT2D eigenvalue weighted by molar-refractivity contribution is -0.144. The predicted molar refractivity (Wildman–Crippen MR) is 153 cm³/mol. The molecule has 0 aliphatic heterocycles. The number of carboxylic acid groups (broad SMARTS) is 1. The van der Waals surface area contributed by atoms with E-state index in [-0.39, 0.29) is 11.9 Å². The Labute approximate surface area is 229 Å². The minimum absolute atomic E-state index is 0.126. The van der Waals surface area contributed by atoms with Crippen LogP contribution in [0, 0.1) is 0 Å². The summed E-state index contributed by atoms with van der Waals surface area (Å²) in [5.41, 5.74) is 5.58. The van der Waals surface area contributed by atoms with E-state index in [2.05, 4.69) is 42.8 Å². The lowest BCUT2D eigenvalue weighted by atomic mass is 9.98. The van der Waals surface area contributed by atoms with Gasteiger partial charge in [-0.3, -0.25) is 4.79 Å². The van der Waals surface area contributed by atoms with E-state index >= 15 is 0 Å². The van der Waals surface area contributed by atoms with Crippen molar-refractivity contribution in [3.05, 3.63) is 94.8 Å². The number of aliphatic carboxylic acids is 1. The number of benzene rings is 3. The third-order valence-electron chi connectivity index (χ3n) is 6.89. The molecule has 0 fully saturated rings. The fourth-order valence-electron chi connectivity index (χ4n) is 4.62. The van der Waals surface area contributed by atoms with Crippen LogP contribution in [-0.2, 0) is 17.8 Å². The van der Waals surface area contributed by atoms with Gasteiger partial charge in [-0.15, -0.1) is 0 Å². The van der Waals surface area contributed by atoms with Crippen molar-refractivity contribution in [3.8, 4) is 5.75 Å². The molecule has 0 radical (unpaired) electrons. The number of rotatable bonds is 11. The standard InChI is InChI=1S/C32H37N3O4/c1-6-9-30-34-28-18-26(31(36)33-21(4)25-12-8-11-24(17-25)20(2)3)14-15-29(28)35(30)19-23-10-7-13-27(16-23)39-22(5)32(37)38/h7-8,10-18,20-22H,6,9,19H2,1-5H3,(H,33,36)(H,37,38)/t21-,22?/m0/s1. The second kappa shape index (κ2) is 12.2. The topological polar surface area (TPSA) is 93.5 Å². The zero-order valence-electron chi connectivity index (χ0n) is 23.3. The maximum Gasteiger partial charge on any atom is 0.344 e. The zero-order chi connectivity index (χ0) is 28.1. The molecule has 0 aliphatic rings. The minimum Gasteiger partial charge on any atom is -0.479 e. The van der Waals surface area contributed by atoms with Crippen LogP contribution in [0.1, 0.15) is 85.9 Å². The van der Waals surface area contributed by atoms with Crippen LogP contribution in [0.4, 0.5) is 0 Å². The van der Waals surface area contributed by atoms with Gasteiger partial charge in [-0.25, -0.2) is 9.78 Å². The normalized spacial score (nSPS) is 12.9. The van der Waals surface area contributed by atoms with E-state index < -0.39 is 12.1 Å². The van der Waals surface area contributed by atoms with Gasteiger partial charge in [-0.1, -0.05) is 57.2 Å². The summed E-state index contributed by atoms with van der Waals surface area (Å²) in [5.74, 6) is 0.726. The molecule has 0 saturated heterocycles. The highest BCUT2D eigenvalue weighted by Gasteiger charge is 2.17. The summed E-state index contributed by atoms with van der Waals surface area (Å²) >= 11 is 0. The maximum atomic E-state index is 13.2. The van der Waals surface area contributed by atoms with Crippen molar-refractivity contribution in [3.63, 3.8) is 0 Å². The number of imidazole rings is 1. The smallest absolute Gasteiger partial charge is 0.344 e. The van der Waals surface area contributed by atoms with E-state index in [9.17, 15) is 9.59 Å². The van der Waals surface area contributed by atoms with Crippen molar-refractivity contribution in [1.29, 1.82) is 0 Å². The van der Waals surface area contributed by atoms with Gasteiger partial charge in [-0.2, -0.15) is 0 Å². The Balaban J connectivity index is 1.57. The summed E-state index contributed by atoms with van der Waals surface area (Å²) in [7, 11) is 0. The number of carboxylic acids is 1. The SMILES string of the molecule is CCCc1nc2cc(C(=O)N[C@@H](C)c3cccc(C(C)C)c3)ccc2n1Cc1cccc(OC(C)C(=O)O)c1. The fraction of sp³-hybridized carbons (Fsp3) is 0.344. The average molecular weight is 528 g/mol. The number of nitrogens with zero attached hydrogens (tertiary/aromatic N) is 2. The quantitative estimate of drug-likeness (QED) is 0.232. The summed E-state index contributed by atoms with van der Waals surface area (Å²) in [6, 6.07) is 21.3. The largest absolute Gasteiger partial charge is 0.479 e. The van der Waals surface area contributed by atoms with Gasteiger partial charge in [0.15, 0.2) is 6.10 Å². The third kappa shape index (κ3) is 6.66. The number of ether oxygens (including phenoxy) is 1. The molecular formula is C32H37N3O4. The van der Waals surface area contributed by atoms with E-state index in [4.69, 9.17) is 14.8 Å². The number of carbonyl (C=O) groups excluding carboxylic acids is 1. The number of hydrogen-bond donors (Lipinski definition) is 2. The Morgan fingerprint density at radius 2 is 1.72 bits per heavy atom. The monoisotopic (exact) mass is 527 g/mol. The number of amides is 1. The molecule has 0 saturated carbocycles. The second-order valence-corrected chi connectivity index (χ2v) is 10.3. The highest BCUT2D eigenvalue weighted by Crippen LogP contribution is 2.24. The highest BCUT2D eigenvalue weighted by atomic mass is 16.5. The van der Waals surface area contributed by atoms with Crippen molar-refractivity contribution < 1.29 is 19.4 Å². The summed E-state index contributed by atoms with van der Waals surface area (Å²) in [5, 5.41) is 12.3. The number of hydrogen-bond acceptors (Lipinski definition) is 4. The molecule has 7 nitrogen and oxygen atoms in total. The maximum absolute atomic E-state index is 13.2. The van der Waals surface area contributed by atoms with E-state index in [0.717, 1.165) is 40.8 Å². The van der Waals surface area contributed by atoms with Gasteiger partial charge >= 0.3 is 5.97 Å². The third-order valence-corrected chi connectivity index (χ3v) is 6.89. The van der Waals surface area contributed by atoms with Crippen LogP contribution < -0.4 is 10.1 Å². The first kappa shape index (κ1) is 27.9. The molecule has 204 valence electrons. The summed E-state index contributed by atoms with van der Waals surface area (Å²) in [6.07, 6.45) is 0.797. The van der Waals surface area contributed by atoms with Crippen LogP contribution in [-0.4, -0.2) is 32.6 Å². The molecule has 1 amide bonds. The molecule has 1 unspecified atom stereocenters. The van der Waals surface area contributed by atoms with Crippen molar-refractivity contribution in [2.45, 2.75) is 72.1 Å². The summed E-state index contributed by atoms with van der Waals surface area (Å²) in [6.45, 7) is 10.5. The Morgan fingerprint density at radius 3 is 2.44 bits per heavy atom.